The summed E-state index contributed by atoms with van der Waals surface area (Å²) in [4.78, 5) is 6.13. The monoisotopic (exact) mass is 240 g/mol. The van der Waals surface area contributed by atoms with Gasteiger partial charge in [-0.25, -0.2) is 4.98 Å². The molecule has 2 rings (SSSR count). The first-order chi connectivity index (χ1) is 7.61. The number of nitrogens with zero attached hydrogens (tertiary/aromatic N) is 1. The van der Waals surface area contributed by atoms with Gasteiger partial charge in [-0.1, -0.05) is 0 Å². The van der Waals surface area contributed by atoms with Crippen LogP contribution in [0, 0.1) is 0 Å². The van der Waals surface area contributed by atoms with Crippen LogP contribution in [0.1, 0.15) is 42.3 Å². The molecule has 1 aliphatic carbocycles. The number of aliphatic hydroxyl groups excluding tert-OH is 1. The number of fused-ring (bicyclic) bond motifs is 1. The van der Waals surface area contributed by atoms with E-state index in [1.807, 2.05) is 11.3 Å². The topological polar surface area (TPSA) is 45.1 Å². The van der Waals surface area contributed by atoms with E-state index in [4.69, 9.17) is 5.11 Å². The van der Waals surface area contributed by atoms with Crippen LogP contribution in [0.4, 0.5) is 0 Å². The van der Waals surface area contributed by atoms with E-state index >= 15 is 0 Å². The fourth-order valence-corrected chi connectivity index (χ4v) is 3.10. The second kappa shape index (κ2) is 4.82. The fourth-order valence-electron chi connectivity index (χ4n) is 2.00. The van der Waals surface area contributed by atoms with Gasteiger partial charge in [-0.3, -0.25) is 0 Å². The summed E-state index contributed by atoms with van der Waals surface area (Å²) < 4.78 is 0. The molecule has 2 N–H and O–H groups in total. The first kappa shape index (κ1) is 12.0. The zero-order chi connectivity index (χ0) is 11.6. The van der Waals surface area contributed by atoms with E-state index in [1.54, 1.807) is 0 Å². The highest BCUT2D eigenvalue weighted by Gasteiger charge is 2.19. The predicted octanol–water partition coefficient (Wildman–Crippen LogP) is 1.88. The number of nitrogens with one attached hydrogen (secondary N) is 1. The van der Waals surface area contributed by atoms with E-state index in [0.29, 0.717) is 0 Å². The standard InChI is InChI=1S/C12H20N2OS/c1-12(2,6-7-15)13-8-11-14-9-4-3-5-10(9)16-11/h13,15H,3-8H2,1-2H3. The van der Waals surface area contributed by atoms with Crippen molar-refractivity contribution < 1.29 is 5.11 Å². The van der Waals surface area contributed by atoms with Crippen LogP contribution in [-0.2, 0) is 19.4 Å². The molecule has 0 unspecified atom stereocenters. The maximum atomic E-state index is 8.94. The van der Waals surface area contributed by atoms with Gasteiger partial charge in [0.25, 0.3) is 0 Å². The maximum Gasteiger partial charge on any atom is 0.107 e. The van der Waals surface area contributed by atoms with Crippen molar-refractivity contribution in [3.05, 3.63) is 15.6 Å². The lowest BCUT2D eigenvalue weighted by molar-refractivity contribution is 0.230. The highest BCUT2D eigenvalue weighted by atomic mass is 32.1. The summed E-state index contributed by atoms with van der Waals surface area (Å²) in [5, 5.41) is 13.6. The Morgan fingerprint density at radius 3 is 2.94 bits per heavy atom. The molecule has 0 aromatic carbocycles. The molecular formula is C12H20N2OS. The summed E-state index contributed by atoms with van der Waals surface area (Å²) in [5.41, 5.74) is 1.31. The first-order valence-corrected chi connectivity index (χ1v) is 6.76. The molecule has 0 aliphatic heterocycles. The van der Waals surface area contributed by atoms with E-state index in [0.717, 1.165) is 19.4 Å². The van der Waals surface area contributed by atoms with E-state index in [1.165, 1.54) is 28.4 Å². The normalized spacial score (nSPS) is 15.4. The molecule has 16 heavy (non-hydrogen) atoms. The molecule has 4 heteroatoms. The van der Waals surface area contributed by atoms with Crippen molar-refractivity contribution in [2.24, 2.45) is 0 Å². The number of hydrogen-bond acceptors (Lipinski definition) is 4. The first-order valence-electron chi connectivity index (χ1n) is 5.94. The minimum absolute atomic E-state index is 0.00906. The number of aromatic nitrogens is 1. The van der Waals surface area contributed by atoms with Crippen molar-refractivity contribution in [1.82, 2.24) is 10.3 Å². The Morgan fingerprint density at radius 2 is 2.25 bits per heavy atom. The van der Waals surface area contributed by atoms with E-state index < -0.39 is 0 Å². The van der Waals surface area contributed by atoms with Crippen molar-refractivity contribution in [3.63, 3.8) is 0 Å². The molecule has 1 aromatic rings. The van der Waals surface area contributed by atoms with Crippen molar-refractivity contribution in [1.29, 1.82) is 0 Å². The zero-order valence-corrected chi connectivity index (χ0v) is 10.9. The van der Waals surface area contributed by atoms with Gasteiger partial charge in [0.2, 0.25) is 0 Å². The molecule has 1 aliphatic rings. The summed E-state index contributed by atoms with van der Waals surface area (Å²) in [5.74, 6) is 0. The molecular weight excluding hydrogens is 220 g/mol. The van der Waals surface area contributed by atoms with Gasteiger partial charge in [0.15, 0.2) is 0 Å². The molecule has 0 fully saturated rings. The Morgan fingerprint density at radius 1 is 1.44 bits per heavy atom. The van der Waals surface area contributed by atoms with Gasteiger partial charge in [-0.05, 0) is 39.5 Å². The molecule has 1 heterocycles. The molecule has 90 valence electrons. The molecule has 0 spiro atoms. The smallest absolute Gasteiger partial charge is 0.107 e. The summed E-state index contributed by atoms with van der Waals surface area (Å²) in [6.07, 6.45) is 4.43. The molecule has 0 atom stereocenters. The molecule has 0 amide bonds. The highest BCUT2D eigenvalue weighted by molar-refractivity contribution is 7.11. The van der Waals surface area contributed by atoms with Crippen LogP contribution in [0.25, 0.3) is 0 Å². The van der Waals surface area contributed by atoms with Crippen molar-refractivity contribution in [2.75, 3.05) is 6.61 Å². The number of rotatable bonds is 5. The van der Waals surface area contributed by atoms with Crippen LogP contribution in [0.5, 0.6) is 0 Å². The number of aliphatic hydroxyl groups is 1. The lowest BCUT2D eigenvalue weighted by Gasteiger charge is -2.24. The largest absolute Gasteiger partial charge is 0.396 e. The summed E-state index contributed by atoms with van der Waals surface area (Å²) >= 11 is 1.84. The lowest BCUT2D eigenvalue weighted by atomic mass is 10.0. The van der Waals surface area contributed by atoms with Gasteiger partial charge in [0, 0.05) is 23.6 Å². The highest BCUT2D eigenvalue weighted by Crippen LogP contribution is 2.27. The minimum Gasteiger partial charge on any atom is -0.396 e. The average molecular weight is 240 g/mol. The fraction of sp³-hybridized carbons (Fsp3) is 0.750. The molecule has 0 bridgehead atoms. The maximum absolute atomic E-state index is 8.94. The summed E-state index contributed by atoms with van der Waals surface area (Å²) in [6, 6.07) is 0. The second-order valence-electron chi connectivity index (χ2n) is 5.04. The molecule has 0 radical (unpaired) electrons. The predicted molar refractivity (Wildman–Crippen MR) is 66.8 cm³/mol. The van der Waals surface area contributed by atoms with E-state index in [-0.39, 0.29) is 12.1 Å². The van der Waals surface area contributed by atoms with Crippen LogP contribution in [0.2, 0.25) is 0 Å². The molecule has 1 aromatic heterocycles. The third kappa shape index (κ3) is 2.81. The molecule has 0 saturated carbocycles. The SMILES string of the molecule is CC(C)(CCO)NCc1nc2c(s1)CCC2. The Kier molecular flexibility index (Phi) is 3.62. The quantitative estimate of drug-likeness (QED) is 0.826. The lowest BCUT2D eigenvalue weighted by Crippen LogP contribution is -2.39. The van der Waals surface area contributed by atoms with Crippen LogP contribution >= 0.6 is 11.3 Å². The van der Waals surface area contributed by atoms with Gasteiger partial charge in [0.1, 0.15) is 5.01 Å². The summed E-state index contributed by atoms with van der Waals surface area (Å²) in [6.45, 7) is 5.29. The minimum atomic E-state index is -0.00906. The Bertz CT molecular complexity index is 338. The van der Waals surface area contributed by atoms with E-state index in [2.05, 4.69) is 24.1 Å². The zero-order valence-electron chi connectivity index (χ0n) is 10.0. The molecule has 3 nitrogen and oxygen atoms in total. The number of thiazole rings is 1. The van der Waals surface area contributed by atoms with Gasteiger partial charge in [-0.15, -0.1) is 11.3 Å². The Hall–Kier alpha value is -0.450. The Balaban J connectivity index is 1.90. The van der Waals surface area contributed by atoms with Crippen LogP contribution < -0.4 is 5.32 Å². The van der Waals surface area contributed by atoms with E-state index in [9.17, 15) is 0 Å². The Labute approximate surface area is 101 Å². The summed E-state index contributed by atoms with van der Waals surface area (Å²) in [7, 11) is 0. The van der Waals surface area contributed by atoms with Crippen molar-refractivity contribution in [2.45, 2.75) is 51.6 Å². The van der Waals surface area contributed by atoms with Gasteiger partial charge in [-0.2, -0.15) is 0 Å². The average Bonchev–Trinajstić information content (AvgIpc) is 2.73. The third-order valence-electron chi connectivity index (χ3n) is 3.09. The van der Waals surface area contributed by atoms with Crippen LogP contribution in [0.3, 0.4) is 0 Å². The molecule has 0 saturated heterocycles. The van der Waals surface area contributed by atoms with Crippen LogP contribution in [0.15, 0.2) is 0 Å². The van der Waals surface area contributed by atoms with Crippen molar-refractivity contribution in [3.8, 4) is 0 Å². The van der Waals surface area contributed by atoms with Gasteiger partial charge >= 0.3 is 0 Å². The van der Waals surface area contributed by atoms with Crippen molar-refractivity contribution >= 4 is 11.3 Å². The van der Waals surface area contributed by atoms with Crippen LogP contribution in [-0.4, -0.2) is 22.2 Å². The number of aryl methyl sites for hydroxylation is 2. The third-order valence-corrected chi connectivity index (χ3v) is 4.25. The number of hydrogen-bond donors (Lipinski definition) is 2. The van der Waals surface area contributed by atoms with Gasteiger partial charge in [0.05, 0.1) is 5.69 Å². The second-order valence-corrected chi connectivity index (χ2v) is 6.21. The van der Waals surface area contributed by atoms with Gasteiger partial charge < -0.3 is 10.4 Å².